The number of hydrogen-bond donors (Lipinski definition) is 1. The standard InChI is InChI=1S/C27H29F3N2O2SSi/c1-6-31-16-9-11-18-21(13-16)36(4,5)22-14-17(32(7-2)8-3)10-12-19(22)23(18)20-15-35-25(26(33)34)24(20)27(28,29)30/h9-15H,6-8H2,1-5H3,(H,33,34). The molecule has 0 amide bonds. The predicted molar refractivity (Wildman–Crippen MR) is 145 cm³/mol. The lowest BCUT2D eigenvalue weighted by atomic mass is 9.88. The molecule has 0 bridgehead atoms. The number of allylic oxidation sites excluding steroid dienone is 5. The van der Waals surface area contributed by atoms with Crippen molar-refractivity contribution in [2.24, 2.45) is 4.99 Å². The van der Waals surface area contributed by atoms with Gasteiger partial charge in [-0.1, -0.05) is 25.2 Å². The van der Waals surface area contributed by atoms with Crippen molar-refractivity contribution >= 4 is 47.5 Å². The van der Waals surface area contributed by atoms with Crippen LogP contribution in [0.5, 0.6) is 0 Å². The Labute approximate surface area is 214 Å². The van der Waals surface area contributed by atoms with Gasteiger partial charge in [-0.05, 0) is 72.1 Å². The number of halogens is 3. The molecule has 1 aromatic carbocycles. The highest BCUT2D eigenvalue weighted by molar-refractivity contribution is 7.12. The van der Waals surface area contributed by atoms with Crippen molar-refractivity contribution in [1.29, 1.82) is 0 Å². The molecule has 0 atom stereocenters. The van der Waals surface area contributed by atoms with Gasteiger partial charge in [0.25, 0.3) is 0 Å². The maximum absolute atomic E-state index is 14.3. The molecule has 36 heavy (non-hydrogen) atoms. The van der Waals surface area contributed by atoms with Gasteiger partial charge < -0.3 is 10.0 Å². The van der Waals surface area contributed by atoms with E-state index in [1.54, 1.807) is 0 Å². The fourth-order valence-corrected chi connectivity index (χ4v) is 9.15. The summed E-state index contributed by atoms with van der Waals surface area (Å²) in [6, 6.07) is 6.00. The zero-order chi connectivity index (χ0) is 26.4. The molecule has 0 saturated heterocycles. The van der Waals surface area contributed by atoms with Crippen molar-refractivity contribution in [2.75, 3.05) is 24.5 Å². The molecule has 4 nitrogen and oxygen atoms in total. The lowest BCUT2D eigenvalue weighted by Gasteiger charge is -2.39. The Morgan fingerprint density at radius 3 is 2.39 bits per heavy atom. The normalized spacial score (nSPS) is 17.7. The van der Waals surface area contributed by atoms with Gasteiger partial charge in [-0.3, -0.25) is 4.99 Å². The van der Waals surface area contributed by atoms with Crippen LogP contribution in [-0.4, -0.2) is 44.5 Å². The van der Waals surface area contributed by atoms with Crippen LogP contribution in [0.4, 0.5) is 18.9 Å². The minimum absolute atomic E-state index is 0.0762. The topological polar surface area (TPSA) is 52.9 Å². The number of nitrogens with zero attached hydrogens (tertiary/aromatic N) is 2. The quantitative estimate of drug-likeness (QED) is 0.432. The number of aromatic carboxylic acids is 1. The molecule has 2 heterocycles. The van der Waals surface area contributed by atoms with E-state index in [1.165, 1.54) is 5.38 Å². The maximum atomic E-state index is 14.3. The Morgan fingerprint density at radius 1 is 1.11 bits per heavy atom. The molecule has 0 radical (unpaired) electrons. The molecular weight excluding hydrogens is 501 g/mol. The van der Waals surface area contributed by atoms with Crippen LogP contribution in [0.1, 0.15) is 47.1 Å². The maximum Gasteiger partial charge on any atom is 0.418 e. The Balaban J connectivity index is 2.11. The van der Waals surface area contributed by atoms with E-state index in [2.05, 4.69) is 42.9 Å². The smallest absolute Gasteiger partial charge is 0.418 e. The number of carboxylic acids is 1. The number of alkyl halides is 3. The Kier molecular flexibility index (Phi) is 6.91. The third-order valence-corrected chi connectivity index (χ3v) is 11.4. The van der Waals surface area contributed by atoms with E-state index in [4.69, 9.17) is 0 Å². The third-order valence-electron chi connectivity index (χ3n) is 6.90. The molecule has 1 aromatic heterocycles. The van der Waals surface area contributed by atoms with Crippen molar-refractivity contribution in [1.82, 2.24) is 0 Å². The molecule has 2 aromatic rings. The average molecular weight is 531 g/mol. The van der Waals surface area contributed by atoms with Gasteiger partial charge >= 0.3 is 12.1 Å². The first-order valence-corrected chi connectivity index (χ1v) is 15.8. The summed E-state index contributed by atoms with van der Waals surface area (Å²) in [4.78, 5) is 17.8. The molecule has 0 unspecified atom stereocenters. The largest absolute Gasteiger partial charge is 0.477 e. The molecule has 0 saturated carbocycles. The second-order valence-electron chi connectivity index (χ2n) is 9.26. The fraction of sp³-hybridized carbons (Fsp3) is 0.333. The number of hydrogen-bond acceptors (Lipinski definition) is 4. The van der Waals surface area contributed by atoms with Crippen LogP contribution in [0.15, 0.2) is 57.6 Å². The highest BCUT2D eigenvalue weighted by atomic mass is 32.1. The van der Waals surface area contributed by atoms with Gasteiger partial charge in [0, 0.05) is 36.3 Å². The zero-order valence-electron chi connectivity index (χ0n) is 21.0. The summed E-state index contributed by atoms with van der Waals surface area (Å²) in [5, 5.41) is 12.9. The van der Waals surface area contributed by atoms with Gasteiger partial charge in [-0.25, -0.2) is 4.79 Å². The second kappa shape index (κ2) is 9.52. The number of thiophene rings is 1. The van der Waals surface area contributed by atoms with Crippen molar-refractivity contribution < 1.29 is 23.1 Å². The molecule has 1 N–H and O–H groups in total. The lowest BCUT2D eigenvalue weighted by molar-refractivity contribution is -0.137. The predicted octanol–water partition coefficient (Wildman–Crippen LogP) is 6.54. The van der Waals surface area contributed by atoms with Crippen molar-refractivity contribution in [3.63, 3.8) is 0 Å². The van der Waals surface area contributed by atoms with Gasteiger partial charge in [0.2, 0.25) is 0 Å². The Bertz CT molecular complexity index is 1350. The van der Waals surface area contributed by atoms with Crippen LogP contribution < -0.4 is 10.1 Å². The number of benzene rings is 1. The first-order valence-electron chi connectivity index (χ1n) is 12.0. The summed E-state index contributed by atoms with van der Waals surface area (Å²) in [6.07, 6.45) is 0.891. The molecule has 0 fully saturated rings. The summed E-state index contributed by atoms with van der Waals surface area (Å²) < 4.78 is 42.9. The third kappa shape index (κ3) is 4.28. The number of aliphatic imine (C=N–C) groups is 1. The van der Waals surface area contributed by atoms with Gasteiger partial charge in [-0.2, -0.15) is 13.2 Å². The summed E-state index contributed by atoms with van der Waals surface area (Å²) in [5.74, 6) is -1.57. The average Bonchev–Trinajstić information content (AvgIpc) is 3.27. The lowest BCUT2D eigenvalue weighted by Crippen LogP contribution is -2.49. The molecular formula is C27H29F3N2O2SSi. The minimum atomic E-state index is -4.81. The van der Waals surface area contributed by atoms with E-state index in [0.29, 0.717) is 23.5 Å². The van der Waals surface area contributed by atoms with Crippen LogP contribution in [-0.2, 0) is 6.18 Å². The fourth-order valence-electron chi connectivity index (χ4n) is 5.16. The van der Waals surface area contributed by atoms with Crippen LogP contribution in [0.25, 0.3) is 5.57 Å². The Hall–Kier alpha value is -2.91. The molecule has 0 spiro atoms. The minimum Gasteiger partial charge on any atom is -0.477 e. The molecule has 4 rings (SSSR count). The summed E-state index contributed by atoms with van der Waals surface area (Å²) >= 11 is 0.625. The monoisotopic (exact) mass is 530 g/mol. The number of carboxylic acid groups (broad SMARTS) is 1. The zero-order valence-corrected chi connectivity index (χ0v) is 22.8. The van der Waals surface area contributed by atoms with Crippen LogP contribution in [0.2, 0.25) is 13.1 Å². The van der Waals surface area contributed by atoms with E-state index in [9.17, 15) is 23.1 Å². The number of anilines is 1. The van der Waals surface area contributed by atoms with E-state index in [1.807, 2.05) is 37.3 Å². The molecule has 190 valence electrons. The summed E-state index contributed by atoms with van der Waals surface area (Å²) in [7, 11) is -2.35. The number of carbonyl (C=O) groups is 1. The van der Waals surface area contributed by atoms with Gasteiger partial charge in [0.05, 0.1) is 11.3 Å². The van der Waals surface area contributed by atoms with Gasteiger partial charge in [-0.15, -0.1) is 11.3 Å². The van der Waals surface area contributed by atoms with Crippen molar-refractivity contribution in [2.45, 2.75) is 40.0 Å². The van der Waals surface area contributed by atoms with Gasteiger partial charge in [0.15, 0.2) is 0 Å². The summed E-state index contributed by atoms with van der Waals surface area (Å²) in [6.45, 7) is 12.7. The van der Waals surface area contributed by atoms with E-state index < -0.39 is 30.7 Å². The van der Waals surface area contributed by atoms with Crippen LogP contribution >= 0.6 is 11.3 Å². The first kappa shape index (κ1) is 26.2. The van der Waals surface area contributed by atoms with Crippen molar-refractivity contribution in [3.8, 4) is 0 Å². The van der Waals surface area contributed by atoms with E-state index >= 15 is 0 Å². The summed E-state index contributed by atoms with van der Waals surface area (Å²) in [5.41, 5.74) is 2.59. The van der Waals surface area contributed by atoms with E-state index in [0.717, 1.165) is 46.0 Å². The SMILES string of the molecule is CCN=C1C=CC2=C(c3csc(C(=O)O)c3C(F)(F)F)c3ccc(N(CC)CC)cc3[Si](C)(C)C2=C1. The van der Waals surface area contributed by atoms with Crippen molar-refractivity contribution in [3.05, 3.63) is 74.1 Å². The highest BCUT2D eigenvalue weighted by Gasteiger charge is 2.45. The first-order chi connectivity index (χ1) is 16.9. The Morgan fingerprint density at radius 2 is 1.81 bits per heavy atom. The van der Waals surface area contributed by atoms with Crippen LogP contribution in [0.3, 0.4) is 0 Å². The van der Waals surface area contributed by atoms with E-state index in [-0.39, 0.29) is 5.56 Å². The second-order valence-corrected chi connectivity index (χ2v) is 14.5. The molecule has 2 aliphatic rings. The highest BCUT2D eigenvalue weighted by Crippen LogP contribution is 2.48. The van der Waals surface area contributed by atoms with Crippen LogP contribution in [0, 0.1) is 0 Å². The molecule has 1 aliphatic heterocycles. The molecule has 9 heteroatoms. The number of fused-ring (bicyclic) bond motifs is 2. The number of rotatable bonds is 6. The van der Waals surface area contributed by atoms with Gasteiger partial charge in [0.1, 0.15) is 13.0 Å². The molecule has 1 aliphatic carbocycles.